The summed E-state index contributed by atoms with van der Waals surface area (Å²) in [5.74, 6) is 0.0580. The molecule has 0 spiro atoms. The van der Waals surface area contributed by atoms with Crippen molar-refractivity contribution in [3.05, 3.63) is 77.9 Å². The molecule has 3 N–H and O–H groups in total. The lowest BCUT2D eigenvalue weighted by Crippen LogP contribution is -2.48. The Balaban J connectivity index is 1.49. The molecule has 6 nitrogen and oxygen atoms in total. The number of amides is 2. The maximum atomic E-state index is 12.3. The number of benzene rings is 3. The number of hydrogen-bond donors (Lipinski definition) is 3. The zero-order valence-corrected chi connectivity index (χ0v) is 18.3. The molecule has 7 heteroatoms. The molecular weight excluding hydrogens is 410 g/mol. The minimum atomic E-state index is -0.379. The summed E-state index contributed by atoms with van der Waals surface area (Å²) >= 11 is 5.11. The van der Waals surface area contributed by atoms with Crippen LogP contribution < -0.4 is 20.9 Å². The molecule has 0 saturated heterocycles. The molecule has 0 radical (unpaired) electrons. The van der Waals surface area contributed by atoms with E-state index in [-0.39, 0.29) is 29.5 Å². The molecule has 2 amide bonds. The van der Waals surface area contributed by atoms with Crippen LogP contribution in [-0.2, 0) is 11.2 Å². The van der Waals surface area contributed by atoms with Gasteiger partial charge in [-0.2, -0.15) is 0 Å². The first-order chi connectivity index (χ1) is 15.0. The number of nitrogens with one attached hydrogen (secondary N) is 3. The van der Waals surface area contributed by atoms with Gasteiger partial charge >= 0.3 is 0 Å². The van der Waals surface area contributed by atoms with Crippen LogP contribution in [0.4, 0.5) is 0 Å². The molecule has 0 aliphatic carbocycles. The number of hydrogen-bond acceptors (Lipinski definition) is 4. The second-order valence-corrected chi connectivity index (χ2v) is 7.54. The van der Waals surface area contributed by atoms with Crippen LogP contribution >= 0.6 is 12.2 Å². The van der Waals surface area contributed by atoms with E-state index < -0.39 is 0 Å². The quantitative estimate of drug-likeness (QED) is 0.404. The zero-order chi connectivity index (χ0) is 22.2. The van der Waals surface area contributed by atoms with Crippen LogP contribution in [0.3, 0.4) is 0 Å². The molecule has 31 heavy (non-hydrogen) atoms. The second-order valence-electron chi connectivity index (χ2n) is 7.13. The van der Waals surface area contributed by atoms with Gasteiger partial charge in [-0.05, 0) is 66.2 Å². The van der Waals surface area contributed by atoms with Gasteiger partial charge in [-0.25, -0.2) is 0 Å². The third-order valence-electron chi connectivity index (χ3n) is 4.80. The van der Waals surface area contributed by atoms with Gasteiger partial charge in [0.05, 0.1) is 12.5 Å². The number of fused-ring (bicyclic) bond motifs is 1. The third-order valence-corrected chi connectivity index (χ3v) is 5.01. The summed E-state index contributed by atoms with van der Waals surface area (Å²) in [5.41, 5.74) is 6.44. The highest BCUT2D eigenvalue weighted by atomic mass is 32.1. The molecule has 1 unspecified atom stereocenters. The molecule has 0 fully saturated rings. The lowest BCUT2D eigenvalue weighted by Gasteiger charge is -2.13. The van der Waals surface area contributed by atoms with Gasteiger partial charge in [-0.1, -0.05) is 49.4 Å². The second kappa shape index (κ2) is 10.5. The number of carbonyl (C=O) groups excluding carboxylic acids is 2. The number of thiocarbonyl (C=S) groups is 1. The van der Waals surface area contributed by atoms with E-state index in [1.165, 1.54) is 0 Å². The highest BCUT2D eigenvalue weighted by molar-refractivity contribution is 7.80. The van der Waals surface area contributed by atoms with Gasteiger partial charge in [0, 0.05) is 5.56 Å². The first-order valence-corrected chi connectivity index (χ1v) is 10.5. The fourth-order valence-electron chi connectivity index (χ4n) is 3.00. The molecule has 3 rings (SSSR count). The van der Waals surface area contributed by atoms with Gasteiger partial charge in [0.1, 0.15) is 5.75 Å². The average molecular weight is 436 g/mol. The van der Waals surface area contributed by atoms with E-state index in [2.05, 4.69) is 16.2 Å². The summed E-state index contributed by atoms with van der Waals surface area (Å²) in [6, 6.07) is 20.5. The summed E-state index contributed by atoms with van der Waals surface area (Å²) in [7, 11) is 0. The predicted molar refractivity (Wildman–Crippen MR) is 126 cm³/mol. The smallest absolute Gasteiger partial charge is 0.257 e. The summed E-state index contributed by atoms with van der Waals surface area (Å²) in [6.07, 6.45) is 1.19. The van der Waals surface area contributed by atoms with Crippen LogP contribution in [0.2, 0.25) is 0 Å². The molecule has 3 aromatic carbocycles. The molecule has 0 bridgehead atoms. The zero-order valence-electron chi connectivity index (χ0n) is 17.5. The minimum absolute atomic E-state index is 0.0104. The van der Waals surface area contributed by atoms with Crippen molar-refractivity contribution in [1.82, 2.24) is 16.2 Å². The van der Waals surface area contributed by atoms with E-state index in [9.17, 15) is 9.59 Å². The minimum Gasteiger partial charge on any atom is -0.491 e. The summed E-state index contributed by atoms with van der Waals surface area (Å²) in [6.45, 7) is 4.03. The van der Waals surface area contributed by atoms with Crippen LogP contribution in [0.5, 0.6) is 5.75 Å². The fourth-order valence-corrected chi connectivity index (χ4v) is 3.14. The Hall–Kier alpha value is -3.45. The highest BCUT2D eigenvalue weighted by Gasteiger charge is 2.11. The first kappa shape index (κ1) is 22.2. The van der Waals surface area contributed by atoms with Crippen LogP contribution in [0.15, 0.2) is 66.7 Å². The van der Waals surface area contributed by atoms with Crippen molar-refractivity contribution in [3.63, 3.8) is 0 Å². The summed E-state index contributed by atoms with van der Waals surface area (Å²) < 4.78 is 5.70. The van der Waals surface area contributed by atoms with E-state index in [1.807, 2.05) is 56.3 Å². The van der Waals surface area contributed by atoms with Crippen molar-refractivity contribution in [3.8, 4) is 5.75 Å². The Morgan fingerprint density at radius 1 is 0.968 bits per heavy atom. The Bertz CT molecular complexity index is 1080. The third kappa shape index (κ3) is 6.26. The van der Waals surface area contributed by atoms with E-state index in [0.29, 0.717) is 11.3 Å². The van der Waals surface area contributed by atoms with Gasteiger partial charge < -0.3 is 4.74 Å². The van der Waals surface area contributed by atoms with Gasteiger partial charge in [-0.15, -0.1) is 0 Å². The summed E-state index contributed by atoms with van der Waals surface area (Å²) in [4.78, 5) is 24.6. The molecule has 0 aromatic heterocycles. The molecule has 0 heterocycles. The van der Waals surface area contributed by atoms with Crippen LogP contribution in [0, 0.1) is 0 Å². The summed E-state index contributed by atoms with van der Waals surface area (Å²) in [5, 5.41) is 4.65. The molecule has 3 aromatic rings. The fraction of sp³-hybridized carbons (Fsp3) is 0.208. The lowest BCUT2D eigenvalue weighted by molar-refractivity contribution is -0.121. The van der Waals surface area contributed by atoms with Crippen LogP contribution in [-0.4, -0.2) is 23.0 Å². The number of carbonyl (C=O) groups is 2. The molecule has 160 valence electrons. The number of ether oxygens (including phenoxy) is 1. The van der Waals surface area contributed by atoms with Gasteiger partial charge in [0.2, 0.25) is 5.91 Å². The average Bonchev–Trinajstić information content (AvgIpc) is 2.78. The normalized spacial score (nSPS) is 11.4. The number of hydrazine groups is 1. The van der Waals surface area contributed by atoms with Crippen LogP contribution in [0.25, 0.3) is 10.8 Å². The topological polar surface area (TPSA) is 79.5 Å². The van der Waals surface area contributed by atoms with Crippen molar-refractivity contribution >= 4 is 39.9 Å². The van der Waals surface area contributed by atoms with Crippen molar-refractivity contribution < 1.29 is 14.3 Å². The van der Waals surface area contributed by atoms with E-state index in [0.717, 1.165) is 22.8 Å². The van der Waals surface area contributed by atoms with Crippen molar-refractivity contribution in [1.29, 1.82) is 0 Å². The largest absolute Gasteiger partial charge is 0.491 e. The number of rotatable bonds is 6. The Labute approximate surface area is 187 Å². The Kier molecular flexibility index (Phi) is 7.56. The van der Waals surface area contributed by atoms with Gasteiger partial charge in [0.15, 0.2) is 5.11 Å². The molecule has 0 saturated carbocycles. The van der Waals surface area contributed by atoms with Crippen molar-refractivity contribution in [2.45, 2.75) is 32.8 Å². The van der Waals surface area contributed by atoms with E-state index in [4.69, 9.17) is 17.0 Å². The standard InChI is InChI=1S/C24H25N3O3S/c1-3-16(2)30-20-13-11-18(12-14-20)23(29)25-24(31)27-26-22(28)15-19-9-6-8-17-7-4-5-10-21(17)19/h4-14,16H,3,15H2,1-2H3,(H,26,28)(H2,25,27,29,31). The maximum absolute atomic E-state index is 12.3. The highest BCUT2D eigenvalue weighted by Crippen LogP contribution is 2.18. The van der Waals surface area contributed by atoms with Crippen molar-refractivity contribution in [2.24, 2.45) is 0 Å². The molecule has 0 aliphatic heterocycles. The Morgan fingerprint density at radius 2 is 1.68 bits per heavy atom. The SMILES string of the molecule is CCC(C)Oc1ccc(C(=O)NC(=S)NNC(=O)Cc2cccc3ccccc23)cc1. The monoisotopic (exact) mass is 435 g/mol. The van der Waals surface area contributed by atoms with Gasteiger partial charge in [0.25, 0.3) is 5.91 Å². The first-order valence-electron chi connectivity index (χ1n) is 10.1. The van der Waals surface area contributed by atoms with Crippen molar-refractivity contribution in [2.75, 3.05) is 0 Å². The lowest BCUT2D eigenvalue weighted by atomic mass is 10.0. The Morgan fingerprint density at radius 3 is 2.42 bits per heavy atom. The predicted octanol–water partition coefficient (Wildman–Crippen LogP) is 3.90. The van der Waals surface area contributed by atoms with E-state index in [1.54, 1.807) is 24.3 Å². The van der Waals surface area contributed by atoms with Gasteiger partial charge in [-0.3, -0.25) is 25.8 Å². The van der Waals surface area contributed by atoms with E-state index >= 15 is 0 Å². The molecule has 0 aliphatic rings. The maximum Gasteiger partial charge on any atom is 0.257 e. The molecule has 1 atom stereocenters. The molecular formula is C24H25N3O3S. The van der Waals surface area contributed by atoms with Crippen LogP contribution in [0.1, 0.15) is 36.2 Å².